The van der Waals surface area contributed by atoms with Crippen molar-refractivity contribution in [2.75, 3.05) is 31.9 Å². The molecule has 98 valence electrons. The predicted octanol–water partition coefficient (Wildman–Crippen LogP) is 1.14. The Morgan fingerprint density at radius 1 is 1.44 bits per heavy atom. The van der Waals surface area contributed by atoms with Crippen molar-refractivity contribution in [3.63, 3.8) is 0 Å². The van der Waals surface area contributed by atoms with E-state index in [1.807, 2.05) is 0 Å². The van der Waals surface area contributed by atoms with E-state index in [-0.39, 0.29) is 11.6 Å². The number of hydrogen-bond acceptors (Lipinski definition) is 4. The number of nitrogens with two attached hydrogens (primary N) is 1. The number of nitrogens with zero attached hydrogens (tertiary/aromatic N) is 2. The molecule has 0 atom stereocenters. The van der Waals surface area contributed by atoms with Crippen LogP contribution in [0.2, 0.25) is 5.02 Å². The van der Waals surface area contributed by atoms with E-state index in [4.69, 9.17) is 17.3 Å². The Labute approximate surface area is 111 Å². The lowest BCUT2D eigenvalue weighted by Gasteiger charge is -2.14. The van der Waals surface area contributed by atoms with Crippen LogP contribution in [0.1, 0.15) is 23.3 Å². The second-order valence-corrected chi connectivity index (χ2v) is 4.78. The summed E-state index contributed by atoms with van der Waals surface area (Å²) in [6, 6.07) is 3.16. The minimum absolute atomic E-state index is 0.193. The maximum atomic E-state index is 11.9. The highest BCUT2D eigenvalue weighted by atomic mass is 35.5. The molecule has 2 heterocycles. The number of rotatable bonds is 4. The third-order valence-electron chi connectivity index (χ3n) is 2.99. The van der Waals surface area contributed by atoms with Gasteiger partial charge in [0, 0.05) is 13.1 Å². The number of anilines is 1. The van der Waals surface area contributed by atoms with Crippen molar-refractivity contribution >= 4 is 23.3 Å². The largest absolute Gasteiger partial charge is 0.384 e. The Kier molecular flexibility index (Phi) is 4.38. The first-order chi connectivity index (χ1) is 8.66. The standard InChI is InChI=1S/C12H17ClN4O/c13-9-3-4-10(14)16-11(9)12(18)15-5-8-17-6-1-2-7-17/h3-4H,1-2,5-8H2,(H2,14,16)(H,15,18). The normalized spacial score (nSPS) is 15.8. The van der Waals surface area contributed by atoms with Gasteiger partial charge >= 0.3 is 0 Å². The van der Waals surface area contributed by atoms with Gasteiger partial charge in [0.1, 0.15) is 11.5 Å². The summed E-state index contributed by atoms with van der Waals surface area (Å²) in [7, 11) is 0. The van der Waals surface area contributed by atoms with Crippen LogP contribution in [0.3, 0.4) is 0 Å². The molecule has 1 aliphatic rings. The maximum Gasteiger partial charge on any atom is 0.271 e. The van der Waals surface area contributed by atoms with Crippen LogP contribution >= 0.6 is 11.6 Å². The second kappa shape index (κ2) is 6.02. The lowest BCUT2D eigenvalue weighted by atomic mass is 10.3. The number of hydrogen-bond donors (Lipinski definition) is 2. The van der Waals surface area contributed by atoms with Gasteiger partial charge in [0.05, 0.1) is 5.02 Å². The molecule has 6 heteroatoms. The van der Waals surface area contributed by atoms with Crippen molar-refractivity contribution in [2.24, 2.45) is 0 Å². The summed E-state index contributed by atoms with van der Waals surface area (Å²) in [4.78, 5) is 18.1. The SMILES string of the molecule is Nc1ccc(Cl)c(C(=O)NCCN2CCCC2)n1. The molecule has 1 fully saturated rings. The van der Waals surface area contributed by atoms with Gasteiger partial charge in [0.2, 0.25) is 0 Å². The van der Waals surface area contributed by atoms with Crippen LogP contribution in [-0.2, 0) is 0 Å². The summed E-state index contributed by atoms with van der Waals surface area (Å²) < 4.78 is 0. The van der Waals surface area contributed by atoms with Crippen LogP contribution in [0.25, 0.3) is 0 Å². The van der Waals surface area contributed by atoms with Gasteiger partial charge in [-0.15, -0.1) is 0 Å². The lowest BCUT2D eigenvalue weighted by molar-refractivity contribution is 0.0945. The molecule has 0 aliphatic carbocycles. The quantitative estimate of drug-likeness (QED) is 0.859. The molecule has 18 heavy (non-hydrogen) atoms. The van der Waals surface area contributed by atoms with Crippen molar-refractivity contribution in [1.82, 2.24) is 15.2 Å². The second-order valence-electron chi connectivity index (χ2n) is 4.37. The first-order valence-corrected chi connectivity index (χ1v) is 6.47. The van der Waals surface area contributed by atoms with Crippen molar-refractivity contribution in [1.29, 1.82) is 0 Å². The first kappa shape index (κ1) is 13.1. The number of aromatic nitrogens is 1. The molecule has 0 radical (unpaired) electrons. The maximum absolute atomic E-state index is 11.9. The summed E-state index contributed by atoms with van der Waals surface area (Å²) >= 11 is 5.91. The van der Waals surface area contributed by atoms with Gasteiger partial charge in [-0.1, -0.05) is 11.6 Å². The molecular weight excluding hydrogens is 252 g/mol. The third-order valence-corrected chi connectivity index (χ3v) is 3.30. The summed E-state index contributed by atoms with van der Waals surface area (Å²) in [6.07, 6.45) is 2.49. The molecule has 0 aromatic carbocycles. The van der Waals surface area contributed by atoms with E-state index in [1.54, 1.807) is 12.1 Å². The fourth-order valence-electron chi connectivity index (χ4n) is 2.03. The fraction of sp³-hybridized carbons (Fsp3) is 0.500. The highest BCUT2D eigenvalue weighted by Gasteiger charge is 2.14. The zero-order chi connectivity index (χ0) is 13.0. The molecule has 0 unspecified atom stereocenters. The smallest absolute Gasteiger partial charge is 0.271 e. The van der Waals surface area contributed by atoms with Crippen LogP contribution in [0, 0.1) is 0 Å². The van der Waals surface area contributed by atoms with Crippen molar-refractivity contribution < 1.29 is 4.79 Å². The fourth-order valence-corrected chi connectivity index (χ4v) is 2.23. The minimum atomic E-state index is -0.272. The van der Waals surface area contributed by atoms with Gasteiger partial charge in [0.15, 0.2) is 0 Å². The van der Waals surface area contributed by atoms with E-state index in [0.717, 1.165) is 19.6 Å². The lowest BCUT2D eigenvalue weighted by Crippen LogP contribution is -2.34. The molecule has 5 nitrogen and oxygen atoms in total. The van der Waals surface area contributed by atoms with Gasteiger partial charge in [-0.2, -0.15) is 0 Å². The number of halogens is 1. The molecular formula is C12H17ClN4O. The Hall–Kier alpha value is -1.33. The number of nitrogens with one attached hydrogen (secondary N) is 1. The number of pyridine rings is 1. The molecule has 0 saturated carbocycles. The molecule has 0 spiro atoms. The van der Waals surface area contributed by atoms with Gasteiger partial charge in [-0.25, -0.2) is 4.98 Å². The van der Waals surface area contributed by atoms with E-state index in [1.165, 1.54) is 12.8 Å². The van der Waals surface area contributed by atoms with Gasteiger partial charge < -0.3 is 16.0 Å². The van der Waals surface area contributed by atoms with Gasteiger partial charge in [-0.05, 0) is 38.1 Å². The molecule has 1 aromatic heterocycles. The average Bonchev–Trinajstić information content (AvgIpc) is 2.85. The van der Waals surface area contributed by atoms with E-state index in [0.29, 0.717) is 17.4 Å². The molecule has 1 aliphatic heterocycles. The van der Waals surface area contributed by atoms with Crippen LogP contribution in [0.4, 0.5) is 5.82 Å². The van der Waals surface area contributed by atoms with Crippen molar-refractivity contribution in [2.45, 2.75) is 12.8 Å². The zero-order valence-electron chi connectivity index (χ0n) is 10.2. The van der Waals surface area contributed by atoms with E-state index >= 15 is 0 Å². The minimum Gasteiger partial charge on any atom is -0.384 e. The number of likely N-dealkylation sites (tertiary alicyclic amines) is 1. The topological polar surface area (TPSA) is 71.2 Å². The number of carbonyl (C=O) groups is 1. The van der Waals surface area contributed by atoms with Crippen molar-refractivity contribution in [3.8, 4) is 0 Å². The van der Waals surface area contributed by atoms with Crippen LogP contribution < -0.4 is 11.1 Å². The number of amides is 1. The first-order valence-electron chi connectivity index (χ1n) is 6.09. The average molecular weight is 269 g/mol. The summed E-state index contributed by atoms with van der Waals surface area (Å²) in [5.41, 5.74) is 5.73. The van der Waals surface area contributed by atoms with Gasteiger partial charge in [-0.3, -0.25) is 4.79 Å². The van der Waals surface area contributed by atoms with Crippen LogP contribution in [0.5, 0.6) is 0 Å². The predicted molar refractivity (Wildman–Crippen MR) is 71.7 cm³/mol. The molecule has 1 aromatic rings. The van der Waals surface area contributed by atoms with E-state index < -0.39 is 0 Å². The van der Waals surface area contributed by atoms with Gasteiger partial charge in [0.25, 0.3) is 5.91 Å². The van der Waals surface area contributed by atoms with Crippen LogP contribution in [-0.4, -0.2) is 42.0 Å². The van der Waals surface area contributed by atoms with Crippen molar-refractivity contribution in [3.05, 3.63) is 22.8 Å². The summed E-state index contributed by atoms with van der Waals surface area (Å²) in [5, 5.41) is 3.13. The molecule has 2 rings (SSSR count). The Bertz CT molecular complexity index is 432. The zero-order valence-corrected chi connectivity index (χ0v) is 10.9. The Morgan fingerprint density at radius 2 is 2.17 bits per heavy atom. The molecule has 1 amide bonds. The highest BCUT2D eigenvalue weighted by molar-refractivity contribution is 6.33. The molecule has 0 bridgehead atoms. The van der Waals surface area contributed by atoms with Crippen LogP contribution in [0.15, 0.2) is 12.1 Å². The highest BCUT2D eigenvalue weighted by Crippen LogP contribution is 2.14. The van der Waals surface area contributed by atoms with E-state index in [2.05, 4.69) is 15.2 Å². The number of carbonyl (C=O) groups excluding carboxylic acids is 1. The molecule has 1 saturated heterocycles. The monoisotopic (exact) mass is 268 g/mol. The molecule has 3 N–H and O–H groups in total. The summed E-state index contributed by atoms with van der Waals surface area (Å²) in [6.45, 7) is 3.71. The van der Waals surface area contributed by atoms with E-state index in [9.17, 15) is 4.79 Å². The third kappa shape index (κ3) is 3.34. The Morgan fingerprint density at radius 3 is 2.89 bits per heavy atom. The summed E-state index contributed by atoms with van der Waals surface area (Å²) in [5.74, 6) is 0.0237. The number of nitrogen functional groups attached to an aromatic ring is 1. The Balaban J connectivity index is 1.85.